The van der Waals surface area contributed by atoms with Gasteiger partial charge in [0.2, 0.25) is 0 Å². The molecule has 0 saturated carbocycles. The summed E-state index contributed by atoms with van der Waals surface area (Å²) in [4.78, 5) is 11.2. The molecule has 0 fully saturated rings. The van der Waals surface area contributed by atoms with Gasteiger partial charge in [-0.3, -0.25) is 4.79 Å². The first kappa shape index (κ1) is 12.5. The van der Waals surface area contributed by atoms with Crippen molar-refractivity contribution in [2.75, 3.05) is 0 Å². The van der Waals surface area contributed by atoms with Gasteiger partial charge < -0.3 is 0 Å². The van der Waals surface area contributed by atoms with Gasteiger partial charge in [-0.05, 0) is 11.6 Å². The SMILES string of the molecule is O=CC(=C(Cl)c1ccccc1)c1ccccc1F. The van der Waals surface area contributed by atoms with Gasteiger partial charge in [0.1, 0.15) is 5.82 Å². The van der Waals surface area contributed by atoms with E-state index in [0.717, 1.165) is 0 Å². The molecule has 2 rings (SSSR count). The molecule has 0 aliphatic rings. The summed E-state index contributed by atoms with van der Waals surface area (Å²) in [5.41, 5.74) is 1.05. The minimum Gasteiger partial charge on any atom is -0.298 e. The molecule has 0 spiro atoms. The molecule has 0 heterocycles. The number of allylic oxidation sites excluding steroid dienone is 1. The van der Waals surface area contributed by atoms with E-state index in [1.165, 1.54) is 12.1 Å². The number of hydrogen-bond donors (Lipinski definition) is 0. The second-order valence-electron chi connectivity index (χ2n) is 3.69. The second-order valence-corrected chi connectivity index (χ2v) is 4.07. The molecule has 0 amide bonds. The monoisotopic (exact) mass is 260 g/mol. The number of aldehydes is 1. The minimum absolute atomic E-state index is 0.154. The first-order valence-electron chi connectivity index (χ1n) is 5.39. The first-order chi connectivity index (χ1) is 8.74. The summed E-state index contributed by atoms with van der Waals surface area (Å²) in [6, 6.07) is 15.1. The lowest BCUT2D eigenvalue weighted by Crippen LogP contribution is -1.93. The highest BCUT2D eigenvalue weighted by Gasteiger charge is 2.12. The van der Waals surface area contributed by atoms with Crippen LogP contribution in [0.15, 0.2) is 54.6 Å². The first-order valence-corrected chi connectivity index (χ1v) is 5.77. The lowest BCUT2D eigenvalue weighted by atomic mass is 10.0. The van der Waals surface area contributed by atoms with Crippen molar-refractivity contribution < 1.29 is 9.18 Å². The molecule has 0 unspecified atom stereocenters. The fourth-order valence-corrected chi connectivity index (χ4v) is 1.93. The largest absolute Gasteiger partial charge is 0.298 e. The molecule has 1 nitrogen and oxygen atoms in total. The van der Waals surface area contributed by atoms with Crippen LogP contribution in [0.1, 0.15) is 11.1 Å². The molecule has 0 aliphatic heterocycles. The Morgan fingerprint density at radius 2 is 1.61 bits per heavy atom. The predicted octanol–water partition coefficient (Wildman–Crippen LogP) is 4.13. The highest BCUT2D eigenvalue weighted by molar-refractivity contribution is 6.55. The van der Waals surface area contributed by atoms with Crippen molar-refractivity contribution in [3.8, 4) is 0 Å². The van der Waals surface area contributed by atoms with Crippen molar-refractivity contribution in [2.45, 2.75) is 0 Å². The molecule has 0 aliphatic carbocycles. The molecule has 3 heteroatoms. The van der Waals surface area contributed by atoms with Crippen molar-refractivity contribution in [3.63, 3.8) is 0 Å². The molecule has 0 aromatic heterocycles. The molecule has 2 aromatic carbocycles. The average molecular weight is 261 g/mol. The van der Waals surface area contributed by atoms with E-state index in [2.05, 4.69) is 0 Å². The maximum atomic E-state index is 13.7. The molecule has 0 atom stereocenters. The summed E-state index contributed by atoms with van der Waals surface area (Å²) in [6.07, 6.45) is 0.577. The Kier molecular flexibility index (Phi) is 3.90. The Bertz CT molecular complexity index is 590. The Labute approximate surface area is 110 Å². The Balaban J connectivity index is 2.58. The van der Waals surface area contributed by atoms with Crippen molar-refractivity contribution in [2.24, 2.45) is 0 Å². The van der Waals surface area contributed by atoms with E-state index >= 15 is 0 Å². The highest BCUT2D eigenvalue weighted by Crippen LogP contribution is 2.29. The van der Waals surface area contributed by atoms with Crippen LogP contribution in [0, 0.1) is 5.82 Å². The lowest BCUT2D eigenvalue weighted by Gasteiger charge is -2.06. The average Bonchev–Trinajstić information content (AvgIpc) is 2.42. The maximum Gasteiger partial charge on any atom is 0.152 e. The highest BCUT2D eigenvalue weighted by atomic mass is 35.5. The van der Waals surface area contributed by atoms with Crippen LogP contribution in [0.2, 0.25) is 0 Å². The number of benzene rings is 2. The van der Waals surface area contributed by atoms with Gasteiger partial charge in [0.15, 0.2) is 6.29 Å². The van der Waals surface area contributed by atoms with Crippen molar-refractivity contribution >= 4 is 28.5 Å². The lowest BCUT2D eigenvalue weighted by molar-refractivity contribution is -0.103. The van der Waals surface area contributed by atoms with Crippen molar-refractivity contribution in [1.82, 2.24) is 0 Å². The van der Waals surface area contributed by atoms with Crippen molar-refractivity contribution in [3.05, 3.63) is 71.5 Å². The van der Waals surface area contributed by atoms with Gasteiger partial charge in [0.25, 0.3) is 0 Å². The predicted molar refractivity (Wildman–Crippen MR) is 71.6 cm³/mol. The van der Waals surface area contributed by atoms with Gasteiger partial charge in [0, 0.05) is 11.1 Å². The quantitative estimate of drug-likeness (QED) is 0.461. The van der Waals surface area contributed by atoms with Crippen LogP contribution < -0.4 is 0 Å². The van der Waals surface area contributed by atoms with Gasteiger partial charge in [-0.1, -0.05) is 60.1 Å². The Morgan fingerprint density at radius 1 is 1.00 bits per heavy atom. The molecular formula is C15H10ClFO. The van der Waals surface area contributed by atoms with Gasteiger partial charge in [-0.2, -0.15) is 0 Å². The molecule has 90 valence electrons. The standard InChI is InChI=1S/C15H10ClFO/c16-15(11-6-2-1-3-7-11)13(10-18)12-8-4-5-9-14(12)17/h1-10H. The van der Waals surface area contributed by atoms with Crippen LogP contribution in [0.25, 0.3) is 10.6 Å². The van der Waals surface area contributed by atoms with Crippen molar-refractivity contribution in [1.29, 1.82) is 0 Å². The molecular weight excluding hydrogens is 251 g/mol. The van der Waals surface area contributed by atoms with E-state index < -0.39 is 5.82 Å². The topological polar surface area (TPSA) is 17.1 Å². The third kappa shape index (κ3) is 2.49. The minimum atomic E-state index is -0.464. The van der Waals surface area contributed by atoms with Gasteiger partial charge in [0.05, 0.1) is 5.03 Å². The van der Waals surface area contributed by atoms with E-state index in [1.54, 1.807) is 24.3 Å². The van der Waals surface area contributed by atoms with Crippen LogP contribution in [0.4, 0.5) is 4.39 Å². The fourth-order valence-electron chi connectivity index (χ4n) is 1.65. The Morgan fingerprint density at radius 3 is 2.22 bits per heavy atom. The molecule has 0 N–H and O–H groups in total. The van der Waals surface area contributed by atoms with Gasteiger partial charge >= 0.3 is 0 Å². The van der Waals surface area contributed by atoms with Crippen LogP contribution in [0.5, 0.6) is 0 Å². The van der Waals surface area contributed by atoms with E-state index in [0.29, 0.717) is 11.8 Å². The zero-order valence-corrected chi connectivity index (χ0v) is 10.2. The molecule has 0 bridgehead atoms. The van der Waals surface area contributed by atoms with Crippen LogP contribution >= 0.6 is 11.6 Å². The summed E-state index contributed by atoms with van der Waals surface area (Å²) in [5.74, 6) is -0.464. The number of carbonyl (C=O) groups is 1. The zero-order valence-electron chi connectivity index (χ0n) is 9.44. The summed E-state index contributed by atoms with van der Waals surface area (Å²) >= 11 is 6.16. The smallest absolute Gasteiger partial charge is 0.152 e. The van der Waals surface area contributed by atoms with E-state index in [-0.39, 0.29) is 16.2 Å². The van der Waals surface area contributed by atoms with Gasteiger partial charge in [-0.25, -0.2) is 4.39 Å². The van der Waals surface area contributed by atoms with E-state index in [4.69, 9.17) is 11.6 Å². The maximum absolute atomic E-state index is 13.7. The van der Waals surface area contributed by atoms with Crippen LogP contribution in [-0.2, 0) is 4.79 Å². The number of halogens is 2. The zero-order chi connectivity index (χ0) is 13.0. The summed E-state index contributed by atoms with van der Waals surface area (Å²) in [7, 11) is 0. The van der Waals surface area contributed by atoms with Gasteiger partial charge in [-0.15, -0.1) is 0 Å². The number of hydrogen-bond acceptors (Lipinski definition) is 1. The molecule has 0 radical (unpaired) electrons. The summed E-state index contributed by atoms with van der Waals surface area (Å²) in [5, 5.41) is 0.246. The van der Waals surface area contributed by atoms with Crippen LogP contribution in [-0.4, -0.2) is 6.29 Å². The van der Waals surface area contributed by atoms with E-state index in [1.807, 2.05) is 18.2 Å². The summed E-state index contributed by atoms with van der Waals surface area (Å²) in [6.45, 7) is 0. The second kappa shape index (κ2) is 5.61. The third-order valence-corrected chi connectivity index (χ3v) is 2.97. The normalized spacial score (nSPS) is 11.9. The molecule has 18 heavy (non-hydrogen) atoms. The molecule has 2 aromatic rings. The number of carbonyl (C=O) groups excluding carboxylic acids is 1. The van der Waals surface area contributed by atoms with E-state index in [9.17, 15) is 9.18 Å². The number of rotatable bonds is 3. The third-order valence-electron chi connectivity index (χ3n) is 2.55. The fraction of sp³-hybridized carbons (Fsp3) is 0. The molecule has 0 saturated heterocycles. The Hall–Kier alpha value is -1.93. The van der Waals surface area contributed by atoms with Crippen LogP contribution in [0.3, 0.4) is 0 Å². The summed E-state index contributed by atoms with van der Waals surface area (Å²) < 4.78 is 13.7.